The largest absolute Gasteiger partial charge is 0.381 e. The van der Waals surface area contributed by atoms with Crippen LogP contribution in [0.25, 0.3) is 0 Å². The minimum absolute atomic E-state index is 0. The molecular formula is C17H29FIN3O. The molecule has 0 spiro atoms. The number of rotatable bonds is 10. The van der Waals surface area contributed by atoms with Gasteiger partial charge in [-0.15, -0.1) is 24.0 Å². The van der Waals surface area contributed by atoms with Gasteiger partial charge in [0.05, 0.1) is 6.54 Å². The lowest BCUT2D eigenvalue weighted by atomic mass is 10.2. The van der Waals surface area contributed by atoms with Crippen molar-refractivity contribution in [1.29, 1.82) is 0 Å². The van der Waals surface area contributed by atoms with Crippen LogP contribution in [0.4, 0.5) is 4.39 Å². The lowest BCUT2D eigenvalue weighted by Gasteiger charge is -2.11. The van der Waals surface area contributed by atoms with Crippen molar-refractivity contribution in [2.75, 3.05) is 26.3 Å². The van der Waals surface area contributed by atoms with E-state index in [4.69, 9.17) is 4.74 Å². The minimum atomic E-state index is -0.221. The van der Waals surface area contributed by atoms with Gasteiger partial charge in [0.2, 0.25) is 0 Å². The lowest BCUT2D eigenvalue weighted by Crippen LogP contribution is -2.38. The summed E-state index contributed by atoms with van der Waals surface area (Å²) in [4.78, 5) is 4.49. The molecule has 0 fully saturated rings. The third-order valence-electron chi connectivity index (χ3n) is 3.08. The van der Waals surface area contributed by atoms with Crippen LogP contribution in [-0.4, -0.2) is 32.3 Å². The number of guanidine groups is 1. The third-order valence-corrected chi connectivity index (χ3v) is 3.08. The van der Waals surface area contributed by atoms with Gasteiger partial charge in [-0.25, -0.2) is 9.38 Å². The zero-order valence-corrected chi connectivity index (χ0v) is 16.4. The molecule has 132 valence electrons. The van der Waals surface area contributed by atoms with Crippen molar-refractivity contribution in [1.82, 2.24) is 10.6 Å². The molecule has 4 nitrogen and oxygen atoms in total. The number of hydrogen-bond acceptors (Lipinski definition) is 2. The van der Waals surface area contributed by atoms with Gasteiger partial charge < -0.3 is 15.4 Å². The third kappa shape index (κ3) is 11.3. The van der Waals surface area contributed by atoms with Gasteiger partial charge in [-0.3, -0.25) is 0 Å². The van der Waals surface area contributed by atoms with Gasteiger partial charge in [-0.1, -0.05) is 25.5 Å². The Morgan fingerprint density at radius 3 is 2.43 bits per heavy atom. The predicted octanol–water partition coefficient (Wildman–Crippen LogP) is 3.71. The summed E-state index contributed by atoms with van der Waals surface area (Å²) in [6, 6.07) is 6.42. The van der Waals surface area contributed by atoms with E-state index >= 15 is 0 Å². The fourth-order valence-corrected chi connectivity index (χ4v) is 1.83. The van der Waals surface area contributed by atoms with E-state index in [9.17, 15) is 4.39 Å². The number of halogens is 2. The summed E-state index contributed by atoms with van der Waals surface area (Å²) in [7, 11) is 0. The molecule has 0 amide bonds. The van der Waals surface area contributed by atoms with Crippen LogP contribution >= 0.6 is 24.0 Å². The van der Waals surface area contributed by atoms with E-state index < -0.39 is 0 Å². The van der Waals surface area contributed by atoms with Gasteiger partial charge in [-0.2, -0.15) is 0 Å². The highest BCUT2D eigenvalue weighted by atomic mass is 127. The molecule has 0 atom stereocenters. The van der Waals surface area contributed by atoms with Crippen LogP contribution < -0.4 is 10.6 Å². The molecule has 0 bridgehead atoms. The van der Waals surface area contributed by atoms with Gasteiger partial charge in [0, 0.05) is 26.3 Å². The van der Waals surface area contributed by atoms with E-state index in [1.165, 1.54) is 18.6 Å². The van der Waals surface area contributed by atoms with Crippen LogP contribution in [0.15, 0.2) is 29.3 Å². The fourth-order valence-electron chi connectivity index (χ4n) is 1.83. The van der Waals surface area contributed by atoms with E-state index in [2.05, 4.69) is 22.5 Å². The standard InChI is InChI=1S/C17H28FN3O.HI/c1-3-5-12-22-13-6-11-20-17(19-4-2)21-14-15-7-9-16(18)10-8-15;/h7-10H,3-6,11-14H2,1-2H3,(H2,19,20,21);1H. The van der Waals surface area contributed by atoms with Crippen molar-refractivity contribution in [3.05, 3.63) is 35.6 Å². The van der Waals surface area contributed by atoms with Gasteiger partial charge in [0.1, 0.15) is 5.82 Å². The van der Waals surface area contributed by atoms with Crippen molar-refractivity contribution in [2.24, 2.45) is 4.99 Å². The number of benzene rings is 1. The molecule has 23 heavy (non-hydrogen) atoms. The zero-order valence-electron chi connectivity index (χ0n) is 14.1. The average molecular weight is 437 g/mol. The number of nitrogens with zero attached hydrogens (tertiary/aromatic N) is 1. The molecule has 0 saturated heterocycles. The summed E-state index contributed by atoms with van der Waals surface area (Å²) in [6.07, 6.45) is 3.23. The maximum Gasteiger partial charge on any atom is 0.191 e. The summed E-state index contributed by atoms with van der Waals surface area (Å²) in [5.74, 6) is 0.557. The first-order chi connectivity index (χ1) is 10.8. The van der Waals surface area contributed by atoms with E-state index in [1.54, 1.807) is 12.1 Å². The van der Waals surface area contributed by atoms with Gasteiger partial charge in [0.25, 0.3) is 0 Å². The Labute approximate surface area is 156 Å². The molecule has 1 rings (SSSR count). The molecule has 0 saturated carbocycles. The molecule has 0 aliphatic rings. The summed E-state index contributed by atoms with van der Waals surface area (Å²) >= 11 is 0. The predicted molar refractivity (Wildman–Crippen MR) is 105 cm³/mol. The van der Waals surface area contributed by atoms with E-state index in [0.29, 0.717) is 6.54 Å². The second-order valence-corrected chi connectivity index (χ2v) is 5.07. The molecule has 0 unspecified atom stereocenters. The quantitative estimate of drug-likeness (QED) is 0.254. The maximum atomic E-state index is 12.9. The normalized spacial score (nSPS) is 11.0. The first kappa shape index (κ1) is 22.1. The molecule has 6 heteroatoms. The van der Waals surface area contributed by atoms with Crippen molar-refractivity contribution >= 4 is 29.9 Å². The van der Waals surface area contributed by atoms with E-state index in [0.717, 1.165) is 50.7 Å². The number of aliphatic imine (C=N–C) groups is 1. The number of nitrogens with one attached hydrogen (secondary N) is 2. The minimum Gasteiger partial charge on any atom is -0.381 e. The van der Waals surface area contributed by atoms with Crippen molar-refractivity contribution < 1.29 is 9.13 Å². The molecular weight excluding hydrogens is 408 g/mol. The summed E-state index contributed by atoms with van der Waals surface area (Å²) < 4.78 is 18.4. The van der Waals surface area contributed by atoms with Crippen molar-refractivity contribution in [2.45, 2.75) is 39.7 Å². The van der Waals surface area contributed by atoms with Gasteiger partial charge >= 0.3 is 0 Å². The van der Waals surface area contributed by atoms with Crippen molar-refractivity contribution in [3.63, 3.8) is 0 Å². The molecule has 0 aliphatic heterocycles. The van der Waals surface area contributed by atoms with Crippen LogP contribution in [0, 0.1) is 5.82 Å². The Bertz CT molecular complexity index is 426. The Hall–Kier alpha value is -0.890. The topological polar surface area (TPSA) is 45.6 Å². The highest BCUT2D eigenvalue weighted by molar-refractivity contribution is 14.0. The molecule has 1 aromatic carbocycles. The van der Waals surface area contributed by atoms with Crippen LogP contribution in [0.3, 0.4) is 0 Å². The molecule has 2 N–H and O–H groups in total. The Morgan fingerprint density at radius 1 is 1.09 bits per heavy atom. The Morgan fingerprint density at radius 2 is 1.78 bits per heavy atom. The average Bonchev–Trinajstić information content (AvgIpc) is 2.53. The van der Waals surface area contributed by atoms with Crippen LogP contribution in [0.1, 0.15) is 38.7 Å². The first-order valence-corrected chi connectivity index (χ1v) is 8.10. The zero-order chi connectivity index (χ0) is 16.0. The monoisotopic (exact) mass is 437 g/mol. The Balaban J connectivity index is 0.00000484. The molecule has 0 aliphatic carbocycles. The van der Waals surface area contributed by atoms with Crippen LogP contribution in [0.2, 0.25) is 0 Å². The van der Waals surface area contributed by atoms with E-state index in [1.807, 2.05) is 6.92 Å². The second kappa shape index (κ2) is 14.7. The molecule has 0 aromatic heterocycles. The first-order valence-electron chi connectivity index (χ1n) is 8.10. The summed E-state index contributed by atoms with van der Waals surface area (Å²) in [5, 5.41) is 6.48. The molecule has 0 heterocycles. The van der Waals surface area contributed by atoms with Crippen molar-refractivity contribution in [3.8, 4) is 0 Å². The van der Waals surface area contributed by atoms with Gasteiger partial charge in [0.15, 0.2) is 5.96 Å². The fraction of sp³-hybridized carbons (Fsp3) is 0.588. The lowest BCUT2D eigenvalue weighted by molar-refractivity contribution is 0.129. The summed E-state index contributed by atoms with van der Waals surface area (Å²) in [5.41, 5.74) is 0.988. The number of unbranched alkanes of at least 4 members (excludes halogenated alkanes) is 1. The second-order valence-electron chi connectivity index (χ2n) is 5.07. The number of ether oxygens (including phenoxy) is 1. The maximum absolute atomic E-state index is 12.9. The van der Waals surface area contributed by atoms with Gasteiger partial charge in [-0.05, 0) is 37.5 Å². The molecule has 1 aromatic rings. The SMILES string of the molecule is CCCCOCCCNC(=NCc1ccc(F)cc1)NCC.I. The highest BCUT2D eigenvalue weighted by Crippen LogP contribution is 2.03. The Kier molecular flexibility index (Phi) is 14.1. The molecule has 0 radical (unpaired) electrons. The summed E-state index contributed by atoms with van der Waals surface area (Å²) in [6.45, 7) is 7.96. The van der Waals surface area contributed by atoms with Crippen LogP contribution in [0.5, 0.6) is 0 Å². The van der Waals surface area contributed by atoms with Crippen LogP contribution in [-0.2, 0) is 11.3 Å². The van der Waals surface area contributed by atoms with E-state index in [-0.39, 0.29) is 29.8 Å². The highest BCUT2D eigenvalue weighted by Gasteiger charge is 1.98. The number of hydrogen-bond donors (Lipinski definition) is 2. The smallest absolute Gasteiger partial charge is 0.191 e.